The summed E-state index contributed by atoms with van der Waals surface area (Å²) in [6.07, 6.45) is 11.8. The van der Waals surface area contributed by atoms with Crippen LogP contribution in [0.4, 0.5) is 10.2 Å². The molecule has 9 nitrogen and oxygen atoms in total. The molecule has 3 aliphatic rings. The zero-order valence-electron chi connectivity index (χ0n) is 23.4. The van der Waals surface area contributed by atoms with Crippen molar-refractivity contribution < 1.29 is 8.91 Å². The first-order valence-electron chi connectivity index (χ1n) is 14.9. The molecule has 0 bridgehead atoms. The number of fused-ring (bicyclic) bond motifs is 1. The van der Waals surface area contributed by atoms with E-state index in [2.05, 4.69) is 39.6 Å². The molecule has 0 radical (unpaired) electrons. The summed E-state index contributed by atoms with van der Waals surface area (Å²) in [6.45, 7) is 6.97. The summed E-state index contributed by atoms with van der Waals surface area (Å²) in [5.74, 6) is 2.61. The van der Waals surface area contributed by atoms with E-state index >= 15 is 4.39 Å². The lowest BCUT2D eigenvalue weighted by Crippen LogP contribution is -2.31. The van der Waals surface area contributed by atoms with Crippen molar-refractivity contribution in [2.24, 2.45) is 17.8 Å². The van der Waals surface area contributed by atoms with E-state index in [9.17, 15) is 4.79 Å². The van der Waals surface area contributed by atoms with Gasteiger partial charge in [0.15, 0.2) is 11.5 Å². The number of nitrogens with zero attached hydrogens (tertiary/aromatic N) is 5. The second-order valence-corrected chi connectivity index (χ2v) is 12.3. The number of hydrogen-bond donors (Lipinski definition) is 2. The van der Waals surface area contributed by atoms with Gasteiger partial charge in [0.25, 0.3) is 0 Å². The van der Waals surface area contributed by atoms with Gasteiger partial charge in [-0.05, 0) is 82.1 Å². The third-order valence-corrected chi connectivity index (χ3v) is 9.71. The van der Waals surface area contributed by atoms with Crippen LogP contribution in [-0.2, 0) is 12.0 Å². The zero-order valence-corrected chi connectivity index (χ0v) is 23.4. The molecule has 3 heterocycles. The van der Waals surface area contributed by atoms with Crippen molar-refractivity contribution in [1.29, 1.82) is 0 Å². The average molecular weight is 558 g/mol. The highest BCUT2D eigenvalue weighted by Crippen LogP contribution is 2.54. The smallest absolute Gasteiger partial charge is 0.365 e. The summed E-state index contributed by atoms with van der Waals surface area (Å²) in [6, 6.07) is 7.24. The van der Waals surface area contributed by atoms with Crippen molar-refractivity contribution in [3.63, 3.8) is 0 Å². The Labute approximate surface area is 237 Å². The van der Waals surface area contributed by atoms with Crippen molar-refractivity contribution in [2.45, 2.75) is 82.7 Å². The minimum absolute atomic E-state index is 0.158. The number of hydrogen-bond acceptors (Lipinski definition) is 7. The number of nitrogens with one attached hydrogen (secondary N) is 2. The Morgan fingerprint density at radius 1 is 1.17 bits per heavy atom. The third-order valence-electron chi connectivity index (χ3n) is 9.71. The number of aromatic nitrogens is 6. The molecule has 3 aliphatic carbocycles. The van der Waals surface area contributed by atoms with Crippen LogP contribution < -0.4 is 11.1 Å². The van der Waals surface area contributed by atoms with Crippen LogP contribution >= 0.6 is 0 Å². The molecule has 0 unspecified atom stereocenters. The molecule has 1 aromatic carbocycles. The topological polar surface area (TPSA) is 115 Å². The van der Waals surface area contributed by atoms with Gasteiger partial charge in [0.2, 0.25) is 11.6 Å². The number of allylic oxidation sites excluding steroid dienone is 1. The fourth-order valence-electron chi connectivity index (χ4n) is 6.84. The van der Waals surface area contributed by atoms with Gasteiger partial charge in [-0.2, -0.15) is 0 Å². The number of rotatable bonds is 9. The largest absolute Gasteiger partial charge is 0.439 e. The summed E-state index contributed by atoms with van der Waals surface area (Å²) in [7, 11) is 0. The van der Waals surface area contributed by atoms with E-state index in [1.54, 1.807) is 6.07 Å². The summed E-state index contributed by atoms with van der Waals surface area (Å²) >= 11 is 0. The van der Waals surface area contributed by atoms with Gasteiger partial charge in [-0.1, -0.05) is 35.9 Å². The first kappa shape index (κ1) is 26.1. The Kier molecular flexibility index (Phi) is 6.51. The summed E-state index contributed by atoms with van der Waals surface area (Å²) in [4.78, 5) is 29.1. The third kappa shape index (κ3) is 4.67. The Morgan fingerprint density at radius 3 is 2.59 bits per heavy atom. The molecule has 214 valence electrons. The van der Waals surface area contributed by atoms with Crippen molar-refractivity contribution >= 4 is 17.0 Å². The number of halogens is 1. The molecule has 0 aliphatic heterocycles. The molecule has 0 saturated heterocycles. The van der Waals surface area contributed by atoms with Gasteiger partial charge in [-0.25, -0.2) is 24.1 Å². The molecule has 3 aromatic heterocycles. The molecule has 1 atom stereocenters. The van der Waals surface area contributed by atoms with E-state index in [1.165, 1.54) is 25.3 Å². The van der Waals surface area contributed by atoms with E-state index in [0.717, 1.165) is 56.4 Å². The number of anilines is 1. The first-order valence-corrected chi connectivity index (χ1v) is 14.9. The van der Waals surface area contributed by atoms with Crippen LogP contribution in [0.1, 0.15) is 76.1 Å². The molecule has 10 heteroatoms. The average Bonchev–Trinajstić information content (AvgIpc) is 3.48. The quantitative estimate of drug-likeness (QED) is 0.243. The number of aromatic amines is 1. The zero-order chi connectivity index (χ0) is 28.1. The van der Waals surface area contributed by atoms with Gasteiger partial charge in [-0.15, -0.1) is 6.58 Å². The minimum atomic E-state index is -0.668. The lowest BCUT2D eigenvalue weighted by atomic mass is 9.80. The molecule has 7 rings (SSSR count). The number of H-pyrrole nitrogens is 1. The molecule has 3 fully saturated rings. The Bertz CT molecular complexity index is 1640. The van der Waals surface area contributed by atoms with Gasteiger partial charge < -0.3 is 9.88 Å². The predicted molar refractivity (Wildman–Crippen MR) is 154 cm³/mol. The summed E-state index contributed by atoms with van der Waals surface area (Å²) in [5, 5.41) is 7.53. The second-order valence-electron chi connectivity index (χ2n) is 12.3. The Balaban J connectivity index is 1.40. The van der Waals surface area contributed by atoms with Crippen LogP contribution in [0.3, 0.4) is 0 Å². The lowest BCUT2D eigenvalue weighted by Gasteiger charge is -2.32. The SMILES string of the molecule is C=C[C@H]1CC[C@H](Cn2c(C3(c4ccccc4F)CC3)nc3nc(-c4noc(=O)[nH]4)nc(N[C@H](C)C4CCC4)c32)CC1. The molecule has 0 amide bonds. The van der Waals surface area contributed by atoms with Gasteiger partial charge in [0.1, 0.15) is 17.2 Å². The molecule has 4 aromatic rings. The van der Waals surface area contributed by atoms with Crippen LogP contribution in [-0.4, -0.2) is 35.7 Å². The maximum Gasteiger partial charge on any atom is 0.439 e. The van der Waals surface area contributed by atoms with E-state index in [4.69, 9.17) is 19.5 Å². The lowest BCUT2D eigenvalue weighted by molar-refractivity contribution is 0.279. The molecule has 0 spiro atoms. The fourth-order valence-corrected chi connectivity index (χ4v) is 6.84. The molecule has 2 N–H and O–H groups in total. The molecule has 3 saturated carbocycles. The Hall–Kier alpha value is -3.82. The highest BCUT2D eigenvalue weighted by Gasteiger charge is 2.52. The predicted octanol–water partition coefficient (Wildman–Crippen LogP) is 5.98. The van der Waals surface area contributed by atoms with Crippen LogP contribution in [0.5, 0.6) is 0 Å². The maximum atomic E-state index is 15.3. The number of benzene rings is 1. The monoisotopic (exact) mass is 557 g/mol. The van der Waals surface area contributed by atoms with Crippen molar-refractivity contribution in [1.82, 2.24) is 29.7 Å². The second kappa shape index (κ2) is 10.2. The van der Waals surface area contributed by atoms with Crippen molar-refractivity contribution in [3.05, 3.63) is 64.7 Å². The maximum absolute atomic E-state index is 15.3. The minimum Gasteiger partial charge on any atom is -0.365 e. The summed E-state index contributed by atoms with van der Waals surface area (Å²) < 4.78 is 22.3. The fraction of sp³-hybridized carbons (Fsp3) is 0.516. The standard InChI is InChI=1S/C31H36FN7O2/c1-3-19-11-13-20(14-12-19)17-39-24-25(33-18(2)21-7-6-8-21)34-27(28-37-30(40)41-38-28)35-26(24)36-29(39)31(15-16-31)22-9-4-5-10-23(22)32/h3-5,9-10,18-21H,1,6-8,11-17H2,2H3,(H,33,34,35)(H,37,38,40)/t18-,19-,20-/m1/s1. The van der Waals surface area contributed by atoms with Crippen LogP contribution in [0, 0.1) is 23.6 Å². The highest BCUT2D eigenvalue weighted by atomic mass is 19.1. The van der Waals surface area contributed by atoms with Crippen molar-refractivity contribution in [3.8, 4) is 11.6 Å². The van der Waals surface area contributed by atoms with E-state index in [1.807, 2.05) is 12.1 Å². The highest BCUT2D eigenvalue weighted by molar-refractivity contribution is 5.86. The Morgan fingerprint density at radius 2 is 1.95 bits per heavy atom. The van der Waals surface area contributed by atoms with E-state index in [-0.39, 0.29) is 23.5 Å². The van der Waals surface area contributed by atoms with Gasteiger partial charge in [0.05, 0.1) is 5.41 Å². The van der Waals surface area contributed by atoms with Gasteiger partial charge in [-0.3, -0.25) is 9.51 Å². The summed E-state index contributed by atoms with van der Waals surface area (Å²) in [5.41, 5.74) is 1.51. The first-order chi connectivity index (χ1) is 19.9. The van der Waals surface area contributed by atoms with Crippen molar-refractivity contribution in [2.75, 3.05) is 5.32 Å². The molecule has 41 heavy (non-hydrogen) atoms. The van der Waals surface area contributed by atoms with E-state index < -0.39 is 11.2 Å². The molecular weight excluding hydrogens is 521 g/mol. The van der Waals surface area contributed by atoms with Crippen LogP contribution in [0.2, 0.25) is 0 Å². The van der Waals surface area contributed by atoms with E-state index in [0.29, 0.717) is 34.8 Å². The normalized spacial score (nSPS) is 22.8. The van der Waals surface area contributed by atoms with Gasteiger partial charge in [0, 0.05) is 18.2 Å². The van der Waals surface area contributed by atoms with Gasteiger partial charge >= 0.3 is 5.76 Å². The van der Waals surface area contributed by atoms with Crippen LogP contribution in [0.15, 0.2) is 46.2 Å². The molecular formula is C31H36FN7O2. The number of imidazole rings is 1. The van der Waals surface area contributed by atoms with Crippen LogP contribution in [0.25, 0.3) is 22.8 Å².